The maximum Gasteiger partial charge on any atom is 0.338 e. The number of carbonyl (C=O) groups is 1. The van der Waals surface area contributed by atoms with Crippen molar-refractivity contribution in [3.8, 4) is 0 Å². The minimum Gasteiger partial charge on any atom is -0.466 e. The van der Waals surface area contributed by atoms with Gasteiger partial charge in [0.15, 0.2) is 4.80 Å². The molecule has 3 aromatic rings. The van der Waals surface area contributed by atoms with E-state index in [9.17, 15) is 9.59 Å². The van der Waals surface area contributed by atoms with Gasteiger partial charge in [-0.3, -0.25) is 9.36 Å². The van der Waals surface area contributed by atoms with Crippen LogP contribution in [0.1, 0.15) is 24.1 Å². The molecular weight excluding hydrogens is 396 g/mol. The molecule has 150 valence electrons. The molecule has 0 fully saturated rings. The third-order valence-corrected chi connectivity index (χ3v) is 5.82. The minimum absolute atomic E-state index is 0.181. The lowest BCUT2D eigenvalue weighted by atomic mass is 10.0. The molecule has 0 N–H and O–H groups in total. The van der Waals surface area contributed by atoms with E-state index in [2.05, 4.69) is 4.99 Å². The van der Waals surface area contributed by atoms with E-state index in [4.69, 9.17) is 4.74 Å². The van der Waals surface area contributed by atoms with E-state index in [1.165, 1.54) is 18.4 Å². The van der Waals surface area contributed by atoms with Crippen LogP contribution in [-0.4, -0.2) is 17.6 Å². The van der Waals surface area contributed by atoms with E-state index in [1.807, 2.05) is 78.9 Å². The van der Waals surface area contributed by atoms with Gasteiger partial charge in [-0.05, 0) is 24.1 Å². The molecule has 4 rings (SSSR count). The van der Waals surface area contributed by atoms with Gasteiger partial charge in [0.25, 0.3) is 5.56 Å². The van der Waals surface area contributed by atoms with Gasteiger partial charge in [0.2, 0.25) is 0 Å². The summed E-state index contributed by atoms with van der Waals surface area (Å²) in [6.45, 7) is 1.77. The second kappa shape index (κ2) is 8.47. The molecule has 0 saturated carbocycles. The highest BCUT2D eigenvalue weighted by Crippen LogP contribution is 2.26. The molecule has 0 spiro atoms. The summed E-state index contributed by atoms with van der Waals surface area (Å²) in [5.41, 5.74) is 2.64. The summed E-state index contributed by atoms with van der Waals surface area (Å²) >= 11 is 1.32. The van der Waals surface area contributed by atoms with Crippen LogP contribution < -0.4 is 14.9 Å². The van der Waals surface area contributed by atoms with E-state index in [-0.39, 0.29) is 5.56 Å². The normalized spacial score (nSPS) is 16.5. The Hall–Kier alpha value is -3.51. The Morgan fingerprint density at radius 3 is 2.33 bits per heavy atom. The third kappa shape index (κ3) is 3.82. The van der Waals surface area contributed by atoms with Gasteiger partial charge in [-0.1, -0.05) is 84.2 Å². The quantitative estimate of drug-likeness (QED) is 0.614. The Morgan fingerprint density at radius 1 is 1.07 bits per heavy atom. The molecule has 0 aliphatic carbocycles. The van der Waals surface area contributed by atoms with Gasteiger partial charge >= 0.3 is 5.97 Å². The summed E-state index contributed by atoms with van der Waals surface area (Å²) in [5.74, 6) is -0.490. The molecule has 0 amide bonds. The molecule has 0 saturated heterocycles. The van der Waals surface area contributed by atoms with E-state index in [0.717, 1.165) is 11.1 Å². The molecule has 0 bridgehead atoms. The molecular formula is C24H20N2O3S. The molecule has 0 radical (unpaired) electrons. The van der Waals surface area contributed by atoms with Crippen molar-refractivity contribution in [1.29, 1.82) is 0 Å². The molecule has 5 nitrogen and oxygen atoms in total. The number of carbonyl (C=O) groups excluding carboxylic acids is 1. The number of aromatic nitrogens is 1. The number of fused-ring (bicyclic) bond motifs is 1. The first-order chi connectivity index (χ1) is 14.6. The first-order valence-electron chi connectivity index (χ1n) is 9.47. The Labute approximate surface area is 177 Å². The van der Waals surface area contributed by atoms with Gasteiger partial charge in [0.1, 0.15) is 0 Å². The van der Waals surface area contributed by atoms with E-state index in [1.54, 1.807) is 11.5 Å². The van der Waals surface area contributed by atoms with Crippen molar-refractivity contribution in [3.63, 3.8) is 0 Å². The van der Waals surface area contributed by atoms with Crippen LogP contribution in [0.2, 0.25) is 0 Å². The van der Waals surface area contributed by atoms with Gasteiger partial charge in [0, 0.05) is 0 Å². The number of hydrogen-bond donors (Lipinski definition) is 0. The maximum absolute atomic E-state index is 13.3. The number of benzene rings is 2. The predicted octanol–water partition coefficient (Wildman–Crippen LogP) is 3.07. The van der Waals surface area contributed by atoms with Crippen LogP contribution in [0.15, 0.2) is 87.8 Å². The molecule has 1 atom stereocenters. The van der Waals surface area contributed by atoms with Crippen LogP contribution in [0.25, 0.3) is 12.2 Å². The number of esters is 1. The van der Waals surface area contributed by atoms with Crippen molar-refractivity contribution in [3.05, 3.63) is 109 Å². The van der Waals surface area contributed by atoms with Crippen molar-refractivity contribution >= 4 is 29.5 Å². The van der Waals surface area contributed by atoms with Crippen molar-refractivity contribution < 1.29 is 9.53 Å². The summed E-state index contributed by atoms with van der Waals surface area (Å²) in [5, 5.41) is 0. The minimum atomic E-state index is -0.591. The Bertz CT molecular complexity index is 1320. The fraction of sp³-hybridized carbons (Fsp3) is 0.125. The Morgan fingerprint density at radius 2 is 1.70 bits per heavy atom. The average Bonchev–Trinajstić information content (AvgIpc) is 3.07. The standard InChI is InChI=1S/C24H20N2O3S/c1-16-21(23(28)29-2)19(14-13-17-9-5-3-6-10-17)26-22(27)20(30-24(26)25-16)15-18-11-7-4-8-12-18/h3-15,19H,1-2H3/b14-13+,20-15+. The number of thiazole rings is 1. The predicted molar refractivity (Wildman–Crippen MR) is 119 cm³/mol. The van der Waals surface area contributed by atoms with Crippen LogP contribution in [0.3, 0.4) is 0 Å². The van der Waals surface area contributed by atoms with Gasteiger partial charge in [-0.15, -0.1) is 0 Å². The van der Waals surface area contributed by atoms with Crippen molar-refractivity contribution in [2.45, 2.75) is 13.0 Å². The van der Waals surface area contributed by atoms with Gasteiger partial charge in [-0.25, -0.2) is 9.79 Å². The molecule has 2 heterocycles. The highest BCUT2D eigenvalue weighted by Gasteiger charge is 2.29. The second-order valence-electron chi connectivity index (χ2n) is 6.80. The van der Waals surface area contributed by atoms with Gasteiger partial charge in [0.05, 0.1) is 29.0 Å². The van der Waals surface area contributed by atoms with Crippen LogP contribution >= 0.6 is 11.3 Å². The summed E-state index contributed by atoms with van der Waals surface area (Å²) in [4.78, 5) is 30.9. The molecule has 6 heteroatoms. The lowest BCUT2D eigenvalue weighted by Gasteiger charge is -2.21. The van der Waals surface area contributed by atoms with Crippen LogP contribution in [0.4, 0.5) is 0 Å². The largest absolute Gasteiger partial charge is 0.466 e. The van der Waals surface area contributed by atoms with Gasteiger partial charge < -0.3 is 4.74 Å². The van der Waals surface area contributed by atoms with Crippen LogP contribution in [-0.2, 0) is 9.53 Å². The number of ether oxygens (including phenoxy) is 1. The molecule has 2 aromatic carbocycles. The lowest BCUT2D eigenvalue weighted by molar-refractivity contribution is -0.136. The zero-order valence-corrected chi connectivity index (χ0v) is 17.4. The van der Waals surface area contributed by atoms with Crippen molar-refractivity contribution in [2.75, 3.05) is 7.11 Å². The first-order valence-corrected chi connectivity index (χ1v) is 10.3. The van der Waals surface area contributed by atoms with Crippen molar-refractivity contribution in [2.24, 2.45) is 4.99 Å². The number of hydrogen-bond acceptors (Lipinski definition) is 5. The summed E-state index contributed by atoms with van der Waals surface area (Å²) < 4.78 is 7.12. The summed E-state index contributed by atoms with van der Waals surface area (Å²) in [6, 6.07) is 18.8. The first kappa shape index (κ1) is 19.8. The molecule has 1 aliphatic rings. The summed E-state index contributed by atoms with van der Waals surface area (Å²) in [6.07, 6.45) is 5.60. The topological polar surface area (TPSA) is 60.7 Å². The monoisotopic (exact) mass is 416 g/mol. The fourth-order valence-electron chi connectivity index (χ4n) is 3.38. The van der Waals surface area contributed by atoms with Gasteiger partial charge in [-0.2, -0.15) is 0 Å². The average molecular weight is 417 g/mol. The zero-order chi connectivity index (χ0) is 21.1. The van der Waals surface area contributed by atoms with Crippen LogP contribution in [0, 0.1) is 0 Å². The number of allylic oxidation sites excluding steroid dienone is 2. The highest BCUT2D eigenvalue weighted by atomic mass is 32.1. The summed E-state index contributed by atoms with van der Waals surface area (Å²) in [7, 11) is 1.33. The highest BCUT2D eigenvalue weighted by molar-refractivity contribution is 7.07. The number of nitrogens with zero attached hydrogens (tertiary/aromatic N) is 2. The smallest absolute Gasteiger partial charge is 0.338 e. The lowest BCUT2D eigenvalue weighted by Crippen LogP contribution is -2.38. The SMILES string of the molecule is COC(=O)C1=C(C)N=c2s/c(=C/c3ccccc3)c(=O)n2C1/C=C/c1ccccc1. The zero-order valence-electron chi connectivity index (χ0n) is 16.6. The second-order valence-corrected chi connectivity index (χ2v) is 7.81. The molecule has 1 aliphatic heterocycles. The van der Waals surface area contributed by atoms with E-state index >= 15 is 0 Å². The fourth-order valence-corrected chi connectivity index (χ4v) is 4.44. The third-order valence-electron chi connectivity index (χ3n) is 4.84. The number of rotatable bonds is 4. The molecule has 1 unspecified atom stereocenters. The number of methoxy groups -OCH3 is 1. The molecule has 1 aromatic heterocycles. The maximum atomic E-state index is 13.3. The molecule has 30 heavy (non-hydrogen) atoms. The van der Waals surface area contributed by atoms with Crippen LogP contribution in [0.5, 0.6) is 0 Å². The Balaban J connectivity index is 1.89. The van der Waals surface area contributed by atoms with E-state index < -0.39 is 12.0 Å². The Kier molecular flexibility index (Phi) is 5.59. The van der Waals surface area contributed by atoms with E-state index in [0.29, 0.717) is 20.6 Å². The van der Waals surface area contributed by atoms with Crippen molar-refractivity contribution in [1.82, 2.24) is 4.57 Å².